The van der Waals surface area contributed by atoms with Gasteiger partial charge in [-0.2, -0.15) is 13.5 Å². The Morgan fingerprint density at radius 2 is 2.14 bits per heavy atom. The minimum atomic E-state index is -4.83. The number of carbonyl (C=O) groups excluding carboxylic acids is 2. The van der Waals surface area contributed by atoms with E-state index in [0.29, 0.717) is 10.6 Å². The smallest absolute Gasteiger partial charge is 0.368 e. The van der Waals surface area contributed by atoms with Crippen LogP contribution in [0.15, 0.2) is 11.6 Å². The number of amides is 3. The molecular weight excluding hydrogens is 313 g/mol. The van der Waals surface area contributed by atoms with Crippen molar-refractivity contribution >= 4 is 22.3 Å². The van der Waals surface area contributed by atoms with Crippen LogP contribution in [0, 0.1) is 5.92 Å². The first-order valence-electron chi connectivity index (χ1n) is 5.89. The van der Waals surface area contributed by atoms with E-state index in [4.69, 9.17) is 10.3 Å². The Labute approximate surface area is 145 Å². The molecule has 1 saturated heterocycles. The van der Waals surface area contributed by atoms with Gasteiger partial charge < -0.3 is 10.6 Å². The van der Waals surface area contributed by atoms with Crippen LogP contribution in [0.1, 0.15) is 15.3 Å². The van der Waals surface area contributed by atoms with Gasteiger partial charge >= 0.3 is 47.4 Å². The Morgan fingerprint density at radius 3 is 2.57 bits per heavy atom. The molecule has 21 heavy (non-hydrogen) atoms. The van der Waals surface area contributed by atoms with Crippen LogP contribution in [-0.2, 0) is 19.5 Å². The number of nitrogens with zero attached hydrogens (tertiary/aromatic N) is 2. The molecule has 2 atom stereocenters. The van der Waals surface area contributed by atoms with Crippen molar-refractivity contribution in [1.29, 1.82) is 0 Å². The summed E-state index contributed by atoms with van der Waals surface area (Å²) in [6.45, 7) is 3.73. The third-order valence-electron chi connectivity index (χ3n) is 3.29. The predicted molar refractivity (Wildman–Crippen MR) is 67.4 cm³/mol. The van der Waals surface area contributed by atoms with Crippen LogP contribution in [0.2, 0.25) is 0 Å². The Bertz CT molecular complexity index is 595. The van der Waals surface area contributed by atoms with E-state index in [0.717, 1.165) is 4.90 Å². The number of fused-ring (bicyclic) bond motifs is 2. The van der Waals surface area contributed by atoms with Gasteiger partial charge in [0, 0.05) is 0 Å². The Kier molecular flexibility index (Phi) is 5.45. The molecular formula is C10H16N3NaO6S+2. The maximum atomic E-state index is 12.1. The van der Waals surface area contributed by atoms with E-state index >= 15 is 0 Å². The minimum Gasteiger partial charge on any atom is -0.368 e. The quantitative estimate of drug-likeness (QED) is 0.311. The van der Waals surface area contributed by atoms with Gasteiger partial charge in [0.15, 0.2) is 0 Å². The van der Waals surface area contributed by atoms with Crippen molar-refractivity contribution in [2.75, 3.05) is 6.54 Å². The largest absolute Gasteiger partial charge is 1.00 e. The number of hydrogen-bond acceptors (Lipinski definition) is 5. The van der Waals surface area contributed by atoms with Crippen molar-refractivity contribution in [3.8, 4) is 0 Å². The molecule has 2 aliphatic rings. The van der Waals surface area contributed by atoms with Gasteiger partial charge in [-0.25, -0.2) is 4.79 Å². The van der Waals surface area contributed by atoms with Crippen molar-refractivity contribution in [1.82, 2.24) is 9.96 Å². The summed E-state index contributed by atoms with van der Waals surface area (Å²) in [4.78, 5) is 24.6. The summed E-state index contributed by atoms with van der Waals surface area (Å²) < 4.78 is 34.7. The molecule has 0 aromatic carbocycles. The summed E-state index contributed by atoms with van der Waals surface area (Å²) in [5, 5.41) is 0.560. The van der Waals surface area contributed by atoms with Gasteiger partial charge in [-0.05, 0) is 11.5 Å². The van der Waals surface area contributed by atoms with Crippen LogP contribution < -0.4 is 35.3 Å². The molecule has 0 unspecified atom stereocenters. The zero-order valence-electron chi connectivity index (χ0n) is 12.9. The zero-order chi connectivity index (χ0) is 15.2. The third kappa shape index (κ3) is 3.58. The van der Waals surface area contributed by atoms with E-state index in [1.165, 1.54) is 6.08 Å². The van der Waals surface area contributed by atoms with Crippen LogP contribution in [0.4, 0.5) is 4.79 Å². The van der Waals surface area contributed by atoms with Crippen molar-refractivity contribution < 1.29 is 57.8 Å². The second-order valence-corrected chi connectivity index (χ2v) is 5.95. The second kappa shape index (κ2) is 6.23. The van der Waals surface area contributed by atoms with E-state index in [-0.39, 0.29) is 43.4 Å². The molecule has 3 N–H and O–H groups in total. The van der Waals surface area contributed by atoms with Crippen LogP contribution in [0.3, 0.4) is 0 Å². The summed E-state index contributed by atoms with van der Waals surface area (Å²) in [7, 11) is -4.83. The number of hydrogen-bond donors (Lipinski definition) is 2. The molecule has 11 heteroatoms. The summed E-state index contributed by atoms with van der Waals surface area (Å²) in [6.07, 6.45) is 1.53. The fraction of sp³-hybridized carbons (Fsp3) is 0.600. The molecule has 0 radical (unpaired) electrons. The number of nitrogens with two attached hydrogens (primary N) is 1. The number of rotatable bonds is 4. The molecule has 0 aliphatic carbocycles. The number of urea groups is 1. The fourth-order valence-electron chi connectivity index (χ4n) is 2.45. The standard InChI is InChI=1S/C10H15N3O6S.Na/c1-5(2)6-3-7(9(11)14)12-4-8(6)13(10(12)15)19-20(16,17)18;/h3,5,7-8H,4H2,1-2H3,(H2,11,14)(H,16,17,18);/q;+1/p+1/t7-,8-;/m0./s1. The van der Waals surface area contributed by atoms with Crippen molar-refractivity contribution in [3.63, 3.8) is 0 Å². The topological polar surface area (TPSA) is 130 Å². The normalized spacial score (nSPS) is 25.0. The zero-order valence-corrected chi connectivity index (χ0v) is 14.7. The Morgan fingerprint density at radius 1 is 1.57 bits per heavy atom. The molecule has 1 fully saturated rings. The van der Waals surface area contributed by atoms with E-state index in [9.17, 15) is 18.0 Å². The SMILES string of the molecule is CC(C)C1=C[C@@H](C(N)=O)N2C[C@@H]1N(OS(=O)(=O)O)C2=O.[H+].[Na+]. The molecule has 0 spiro atoms. The molecule has 2 bridgehead atoms. The van der Waals surface area contributed by atoms with Crippen LogP contribution in [0.25, 0.3) is 0 Å². The van der Waals surface area contributed by atoms with Crippen LogP contribution >= 0.6 is 0 Å². The van der Waals surface area contributed by atoms with E-state index in [2.05, 4.69) is 4.28 Å². The minimum absolute atomic E-state index is 0. The van der Waals surface area contributed by atoms with Gasteiger partial charge in [0.1, 0.15) is 12.1 Å². The monoisotopic (exact) mass is 329 g/mol. The van der Waals surface area contributed by atoms with E-state index in [1.54, 1.807) is 0 Å². The van der Waals surface area contributed by atoms with Crippen LogP contribution in [0.5, 0.6) is 0 Å². The van der Waals surface area contributed by atoms with Gasteiger partial charge in [0.05, 0.1) is 6.54 Å². The number of carbonyl (C=O) groups is 2. The summed E-state index contributed by atoms with van der Waals surface area (Å²) in [5.74, 6) is -0.772. The molecule has 0 aromatic rings. The molecule has 112 valence electrons. The van der Waals surface area contributed by atoms with Crippen molar-refractivity contribution in [2.24, 2.45) is 11.7 Å². The molecule has 3 amide bonds. The van der Waals surface area contributed by atoms with Gasteiger partial charge in [-0.15, -0.1) is 4.28 Å². The molecule has 0 saturated carbocycles. The fourth-order valence-corrected chi connectivity index (χ4v) is 2.82. The summed E-state index contributed by atoms with van der Waals surface area (Å²) in [6, 6.07) is -2.46. The first-order valence-corrected chi connectivity index (χ1v) is 7.26. The average molecular weight is 329 g/mol. The summed E-state index contributed by atoms with van der Waals surface area (Å²) >= 11 is 0. The molecule has 2 aliphatic heterocycles. The van der Waals surface area contributed by atoms with Crippen LogP contribution in [-0.4, -0.2) is 53.5 Å². The number of primary amides is 1. The Hall–Kier alpha value is -0.650. The first kappa shape index (κ1) is 18.4. The van der Waals surface area contributed by atoms with Crippen molar-refractivity contribution in [2.45, 2.75) is 25.9 Å². The molecule has 0 aromatic heterocycles. The maximum absolute atomic E-state index is 12.1. The Balaban J connectivity index is 0.00000220. The van der Waals surface area contributed by atoms with Gasteiger partial charge in [0.2, 0.25) is 5.91 Å². The number of hydroxylamine groups is 2. The van der Waals surface area contributed by atoms with Gasteiger partial charge in [-0.1, -0.05) is 19.9 Å². The summed E-state index contributed by atoms with van der Waals surface area (Å²) in [5.41, 5.74) is 5.90. The molecule has 2 rings (SSSR count). The predicted octanol–water partition coefficient (Wildman–Crippen LogP) is -3.61. The van der Waals surface area contributed by atoms with Crippen molar-refractivity contribution in [3.05, 3.63) is 11.6 Å². The third-order valence-corrected chi connectivity index (χ3v) is 3.64. The van der Waals surface area contributed by atoms with E-state index in [1.807, 2.05) is 13.8 Å². The average Bonchev–Trinajstić information content (AvgIpc) is 2.53. The maximum Gasteiger partial charge on any atom is 1.00 e. The molecule has 9 nitrogen and oxygen atoms in total. The van der Waals surface area contributed by atoms with Gasteiger partial charge in [-0.3, -0.25) is 9.35 Å². The van der Waals surface area contributed by atoms with Gasteiger partial charge in [0.25, 0.3) is 0 Å². The first-order chi connectivity index (χ1) is 9.11. The molecule has 2 heterocycles. The second-order valence-electron chi connectivity index (χ2n) is 4.95. The van der Waals surface area contributed by atoms with E-state index < -0.39 is 34.4 Å².